The first-order chi connectivity index (χ1) is 12.4. The lowest BCUT2D eigenvalue weighted by molar-refractivity contribution is -0.0458. The zero-order valence-corrected chi connectivity index (χ0v) is 15.9. The molecule has 3 atom stereocenters. The van der Waals surface area contributed by atoms with Crippen LogP contribution < -0.4 is 5.32 Å². The van der Waals surface area contributed by atoms with E-state index < -0.39 is 0 Å². The zero-order chi connectivity index (χ0) is 17.1. The van der Waals surface area contributed by atoms with Gasteiger partial charge in [0.05, 0.1) is 6.10 Å². The molecule has 0 spiro atoms. The van der Waals surface area contributed by atoms with Crippen LogP contribution in [-0.2, 0) is 11.2 Å². The van der Waals surface area contributed by atoms with Crippen LogP contribution in [-0.4, -0.2) is 12.6 Å². The molecule has 0 amide bonds. The first-order valence-corrected chi connectivity index (χ1v) is 10.9. The molecule has 1 aliphatic carbocycles. The maximum atomic E-state index is 6.37. The van der Waals surface area contributed by atoms with Crippen LogP contribution in [0.1, 0.15) is 88.4 Å². The average molecular weight is 342 g/mol. The van der Waals surface area contributed by atoms with E-state index in [4.69, 9.17) is 4.74 Å². The summed E-state index contributed by atoms with van der Waals surface area (Å²) in [5.41, 5.74) is 4.31. The Balaban J connectivity index is 1.57. The van der Waals surface area contributed by atoms with Gasteiger partial charge in [0.15, 0.2) is 0 Å². The summed E-state index contributed by atoms with van der Waals surface area (Å²) < 4.78 is 6.37. The van der Waals surface area contributed by atoms with Crippen LogP contribution in [0.25, 0.3) is 0 Å². The molecule has 25 heavy (non-hydrogen) atoms. The molecule has 0 aromatic heterocycles. The van der Waals surface area contributed by atoms with Crippen LogP contribution in [0, 0.1) is 11.8 Å². The Morgan fingerprint density at radius 1 is 1.04 bits per heavy atom. The molecule has 4 rings (SSSR count). The summed E-state index contributed by atoms with van der Waals surface area (Å²) in [5, 5.41) is 3.98. The van der Waals surface area contributed by atoms with E-state index in [-0.39, 0.29) is 0 Å². The van der Waals surface area contributed by atoms with Crippen molar-refractivity contribution in [2.45, 2.75) is 89.7 Å². The molecule has 3 aliphatic rings. The molecule has 2 aliphatic heterocycles. The molecule has 0 unspecified atom stereocenters. The third-order valence-electron chi connectivity index (χ3n) is 6.80. The molecule has 2 heteroatoms. The van der Waals surface area contributed by atoms with Crippen molar-refractivity contribution < 1.29 is 4.74 Å². The highest BCUT2D eigenvalue weighted by atomic mass is 16.5. The predicted molar refractivity (Wildman–Crippen MR) is 105 cm³/mol. The van der Waals surface area contributed by atoms with Gasteiger partial charge in [0.2, 0.25) is 0 Å². The molecule has 2 nitrogen and oxygen atoms in total. The minimum atomic E-state index is 0.336. The summed E-state index contributed by atoms with van der Waals surface area (Å²) in [5.74, 6) is 1.52. The van der Waals surface area contributed by atoms with Crippen molar-refractivity contribution >= 4 is 5.69 Å². The van der Waals surface area contributed by atoms with E-state index in [0.29, 0.717) is 18.1 Å². The van der Waals surface area contributed by atoms with Gasteiger partial charge in [0, 0.05) is 29.8 Å². The molecule has 1 N–H and O–H groups in total. The Bertz CT molecular complexity index is 563. The van der Waals surface area contributed by atoms with Crippen molar-refractivity contribution in [3.05, 3.63) is 29.3 Å². The lowest BCUT2D eigenvalue weighted by Crippen LogP contribution is -2.46. The number of hydrogen-bond donors (Lipinski definition) is 1. The average Bonchev–Trinajstić information content (AvgIpc) is 2.68. The second kappa shape index (κ2) is 8.12. The van der Waals surface area contributed by atoms with E-state index in [0.717, 1.165) is 12.5 Å². The zero-order valence-electron chi connectivity index (χ0n) is 15.9. The fourth-order valence-corrected chi connectivity index (χ4v) is 5.45. The monoisotopic (exact) mass is 341 g/mol. The summed E-state index contributed by atoms with van der Waals surface area (Å²) in [4.78, 5) is 0. The van der Waals surface area contributed by atoms with E-state index >= 15 is 0 Å². The lowest BCUT2D eigenvalue weighted by atomic mass is 9.71. The van der Waals surface area contributed by atoms with Crippen LogP contribution >= 0.6 is 0 Å². The molecule has 1 saturated heterocycles. The Hall–Kier alpha value is -1.02. The maximum absolute atomic E-state index is 6.37. The van der Waals surface area contributed by atoms with Gasteiger partial charge in [-0.25, -0.2) is 0 Å². The molecule has 0 bridgehead atoms. The predicted octanol–water partition coefficient (Wildman–Crippen LogP) is 6.26. The van der Waals surface area contributed by atoms with Crippen molar-refractivity contribution in [3.63, 3.8) is 0 Å². The summed E-state index contributed by atoms with van der Waals surface area (Å²) in [7, 11) is 0. The van der Waals surface area contributed by atoms with E-state index in [9.17, 15) is 0 Å². The van der Waals surface area contributed by atoms with Gasteiger partial charge in [0.1, 0.15) is 0 Å². The standard InChI is InChI=1S/C23H35NO/c1-2-3-5-9-17-13-14-21-20(16-17)23-19(12-8-15-25-23)22(24-21)18-10-6-4-7-11-18/h13-14,16,18-19,22-24H,2-12,15H2,1H3/t19-,22-,23-/m0/s1. The van der Waals surface area contributed by atoms with Gasteiger partial charge < -0.3 is 10.1 Å². The van der Waals surface area contributed by atoms with Crippen LogP contribution in [0.5, 0.6) is 0 Å². The van der Waals surface area contributed by atoms with Crippen LogP contribution in [0.2, 0.25) is 0 Å². The van der Waals surface area contributed by atoms with Crippen molar-refractivity contribution in [2.75, 3.05) is 11.9 Å². The Kier molecular flexibility index (Phi) is 5.65. The molecule has 2 heterocycles. The summed E-state index contributed by atoms with van der Waals surface area (Å²) >= 11 is 0. The van der Waals surface area contributed by atoms with Gasteiger partial charge in [0.25, 0.3) is 0 Å². The highest BCUT2D eigenvalue weighted by Crippen LogP contribution is 2.47. The molecule has 1 aromatic carbocycles. The van der Waals surface area contributed by atoms with Crippen molar-refractivity contribution in [3.8, 4) is 0 Å². The van der Waals surface area contributed by atoms with E-state index in [1.165, 1.54) is 87.4 Å². The second-order valence-electron chi connectivity index (χ2n) is 8.54. The fraction of sp³-hybridized carbons (Fsp3) is 0.739. The van der Waals surface area contributed by atoms with Crippen LogP contribution in [0.15, 0.2) is 18.2 Å². The van der Waals surface area contributed by atoms with Gasteiger partial charge in [-0.15, -0.1) is 0 Å². The van der Waals surface area contributed by atoms with Crippen molar-refractivity contribution in [2.24, 2.45) is 11.8 Å². The molecule has 138 valence electrons. The lowest BCUT2D eigenvalue weighted by Gasteiger charge is -2.47. The number of hydrogen-bond acceptors (Lipinski definition) is 2. The number of anilines is 1. The number of rotatable bonds is 5. The highest BCUT2D eigenvalue weighted by Gasteiger charge is 2.42. The minimum absolute atomic E-state index is 0.336. The van der Waals surface area contributed by atoms with E-state index in [2.05, 4.69) is 30.4 Å². The first-order valence-electron chi connectivity index (χ1n) is 10.9. The SMILES string of the molecule is CCCCCc1ccc2c(c1)[C@H]1OCCC[C@H]1[C@H](C1CCCCC1)N2. The molecule has 1 aromatic rings. The third kappa shape index (κ3) is 3.74. The third-order valence-corrected chi connectivity index (χ3v) is 6.80. The van der Waals surface area contributed by atoms with Gasteiger partial charge >= 0.3 is 0 Å². The Morgan fingerprint density at radius 3 is 2.76 bits per heavy atom. The number of unbranched alkanes of at least 4 members (excludes halogenated alkanes) is 2. The van der Waals surface area contributed by atoms with Crippen LogP contribution in [0.4, 0.5) is 5.69 Å². The molecular weight excluding hydrogens is 306 g/mol. The number of ether oxygens (including phenoxy) is 1. The number of fused-ring (bicyclic) bond motifs is 3. The number of nitrogens with one attached hydrogen (secondary N) is 1. The fourth-order valence-electron chi connectivity index (χ4n) is 5.45. The van der Waals surface area contributed by atoms with Crippen molar-refractivity contribution in [1.29, 1.82) is 0 Å². The highest BCUT2D eigenvalue weighted by molar-refractivity contribution is 5.57. The van der Waals surface area contributed by atoms with Gasteiger partial charge in [-0.3, -0.25) is 0 Å². The topological polar surface area (TPSA) is 21.3 Å². The smallest absolute Gasteiger partial charge is 0.0892 e. The van der Waals surface area contributed by atoms with E-state index in [1.54, 1.807) is 0 Å². The van der Waals surface area contributed by atoms with E-state index in [1.807, 2.05) is 0 Å². The summed E-state index contributed by atoms with van der Waals surface area (Å²) in [6.07, 6.45) is 15.1. The summed E-state index contributed by atoms with van der Waals surface area (Å²) in [6.45, 7) is 3.22. The number of aryl methyl sites for hydroxylation is 1. The minimum Gasteiger partial charge on any atom is -0.381 e. The summed E-state index contributed by atoms with van der Waals surface area (Å²) in [6, 6.07) is 7.78. The molecule has 1 saturated carbocycles. The number of benzene rings is 1. The van der Waals surface area contributed by atoms with Gasteiger partial charge in [-0.05, 0) is 56.1 Å². The molecule has 2 fully saturated rings. The van der Waals surface area contributed by atoms with Gasteiger partial charge in [-0.1, -0.05) is 51.2 Å². The quantitative estimate of drug-likeness (QED) is 0.638. The first kappa shape index (κ1) is 17.4. The van der Waals surface area contributed by atoms with Crippen molar-refractivity contribution in [1.82, 2.24) is 0 Å². The Morgan fingerprint density at radius 2 is 1.92 bits per heavy atom. The van der Waals surface area contributed by atoms with Gasteiger partial charge in [-0.2, -0.15) is 0 Å². The normalized spacial score (nSPS) is 29.6. The maximum Gasteiger partial charge on any atom is 0.0892 e. The molecular formula is C23H35NO. The van der Waals surface area contributed by atoms with Crippen LogP contribution in [0.3, 0.4) is 0 Å². The Labute approximate surface area is 153 Å². The molecule has 0 radical (unpaired) electrons. The largest absolute Gasteiger partial charge is 0.381 e. The second-order valence-corrected chi connectivity index (χ2v) is 8.54.